The first-order valence-corrected chi connectivity index (χ1v) is 14.3. The maximum Gasteiger partial charge on any atom is 0.416 e. The number of ether oxygens (including phenoxy) is 1. The monoisotopic (exact) mass is 647 g/mol. The molecule has 43 heavy (non-hydrogen) atoms. The van der Waals surface area contributed by atoms with E-state index in [4.69, 9.17) is 27.9 Å². The van der Waals surface area contributed by atoms with Gasteiger partial charge in [0, 0.05) is 30.9 Å². The Kier molecular flexibility index (Phi) is 10.5. The van der Waals surface area contributed by atoms with Crippen LogP contribution in [0, 0.1) is 5.92 Å². The third-order valence-electron chi connectivity index (χ3n) is 7.57. The van der Waals surface area contributed by atoms with Crippen LogP contribution in [0.2, 0.25) is 10.0 Å². The Hall–Kier alpha value is -3.02. The molecule has 0 spiro atoms. The minimum Gasteiger partial charge on any atom is -0.485 e. The second kappa shape index (κ2) is 13.7. The summed E-state index contributed by atoms with van der Waals surface area (Å²) in [5, 5.41) is 3.13. The Balaban J connectivity index is 1.39. The Labute approximate surface area is 255 Å². The lowest BCUT2D eigenvalue weighted by Crippen LogP contribution is -2.43. The van der Waals surface area contributed by atoms with Crippen molar-refractivity contribution in [3.63, 3.8) is 0 Å². The van der Waals surface area contributed by atoms with E-state index in [0.717, 1.165) is 24.3 Å². The predicted octanol–water partition coefficient (Wildman–Crippen LogP) is 8.47. The van der Waals surface area contributed by atoms with Gasteiger partial charge >= 0.3 is 12.4 Å². The van der Waals surface area contributed by atoms with Crippen LogP contribution in [0.3, 0.4) is 0 Å². The highest BCUT2D eigenvalue weighted by Gasteiger charge is 2.34. The van der Waals surface area contributed by atoms with Crippen LogP contribution in [-0.2, 0) is 12.4 Å². The minimum absolute atomic E-state index is 0.0989. The van der Waals surface area contributed by atoms with Crippen LogP contribution in [0.25, 0.3) is 0 Å². The maximum atomic E-state index is 13.2. The van der Waals surface area contributed by atoms with Crippen molar-refractivity contribution in [3.8, 4) is 5.75 Å². The van der Waals surface area contributed by atoms with Gasteiger partial charge in [-0.3, -0.25) is 9.78 Å². The van der Waals surface area contributed by atoms with Gasteiger partial charge in [0.2, 0.25) is 0 Å². The Bertz CT molecular complexity index is 1360. The number of carbonyl (C=O) groups is 1. The van der Waals surface area contributed by atoms with Gasteiger partial charge in [0.25, 0.3) is 5.91 Å². The smallest absolute Gasteiger partial charge is 0.416 e. The van der Waals surface area contributed by atoms with Crippen molar-refractivity contribution in [3.05, 3.63) is 93.2 Å². The topological polar surface area (TPSA) is 54.5 Å². The number of pyridine rings is 1. The molecule has 2 aromatic carbocycles. The molecule has 1 aromatic heterocycles. The molecular formula is C30H29Cl2F6N3O2. The number of likely N-dealkylation sites (tertiary alicyclic amines) is 1. The minimum atomic E-state index is -4.50. The van der Waals surface area contributed by atoms with Crippen LogP contribution >= 0.6 is 23.2 Å². The summed E-state index contributed by atoms with van der Waals surface area (Å²) in [6.45, 7) is 3.73. The van der Waals surface area contributed by atoms with Gasteiger partial charge in [-0.25, -0.2) is 0 Å². The lowest BCUT2D eigenvalue weighted by atomic mass is 9.86. The summed E-state index contributed by atoms with van der Waals surface area (Å²) in [6.07, 6.45) is -5.05. The van der Waals surface area contributed by atoms with Gasteiger partial charge in [0.1, 0.15) is 11.9 Å². The average molecular weight is 648 g/mol. The van der Waals surface area contributed by atoms with E-state index in [-0.39, 0.29) is 33.3 Å². The van der Waals surface area contributed by atoms with Crippen molar-refractivity contribution >= 4 is 29.1 Å². The first-order valence-electron chi connectivity index (χ1n) is 13.6. The molecule has 2 unspecified atom stereocenters. The van der Waals surface area contributed by atoms with Gasteiger partial charge < -0.3 is 15.0 Å². The summed E-state index contributed by atoms with van der Waals surface area (Å²) in [7, 11) is 0. The van der Waals surface area contributed by atoms with Gasteiger partial charge in [-0.05, 0) is 81.2 Å². The first kappa shape index (κ1) is 32.9. The highest BCUT2D eigenvalue weighted by atomic mass is 35.5. The molecule has 5 nitrogen and oxygen atoms in total. The number of piperidine rings is 1. The molecule has 1 amide bonds. The van der Waals surface area contributed by atoms with Gasteiger partial charge in [-0.15, -0.1) is 0 Å². The standard InChI is InChI=1S/C30H29Cl2F6N3O2/c1-18(10-13-40-28(42)26-24(31)16-39-17-25(26)32)41-14-11-20(12-15-41)27(19-2-4-21(5-3-19)29(33,34)35)43-23-8-6-22(7-9-23)30(36,37)38/h2-9,16-18,20,27H,10-15H2,1H3,(H,40,42). The predicted molar refractivity (Wildman–Crippen MR) is 151 cm³/mol. The van der Waals surface area contributed by atoms with E-state index in [0.29, 0.717) is 44.5 Å². The maximum absolute atomic E-state index is 13.2. The molecule has 1 N–H and O–H groups in total. The van der Waals surface area contributed by atoms with E-state index in [1.165, 1.54) is 36.7 Å². The van der Waals surface area contributed by atoms with E-state index in [2.05, 4.69) is 15.2 Å². The number of hydrogen-bond donors (Lipinski definition) is 1. The highest BCUT2D eigenvalue weighted by Crippen LogP contribution is 2.38. The quantitative estimate of drug-likeness (QED) is 0.237. The molecule has 1 fully saturated rings. The van der Waals surface area contributed by atoms with Crippen molar-refractivity contribution < 1.29 is 35.9 Å². The average Bonchev–Trinajstić information content (AvgIpc) is 2.95. The zero-order valence-corrected chi connectivity index (χ0v) is 24.5. The summed E-state index contributed by atoms with van der Waals surface area (Å²) in [4.78, 5) is 18.6. The highest BCUT2D eigenvalue weighted by molar-refractivity contribution is 6.39. The molecule has 0 bridgehead atoms. The molecule has 0 aliphatic carbocycles. The van der Waals surface area contributed by atoms with Crippen LogP contribution in [0.5, 0.6) is 5.75 Å². The number of rotatable bonds is 9. The second-order valence-electron chi connectivity index (χ2n) is 10.4. The zero-order chi connectivity index (χ0) is 31.4. The fraction of sp³-hybridized carbons (Fsp3) is 0.400. The number of benzene rings is 2. The number of nitrogens with zero attached hydrogens (tertiary/aromatic N) is 2. The van der Waals surface area contributed by atoms with Crippen molar-refractivity contribution in [2.24, 2.45) is 5.92 Å². The first-order chi connectivity index (χ1) is 20.2. The van der Waals surface area contributed by atoms with Gasteiger partial charge in [-0.1, -0.05) is 35.3 Å². The summed E-state index contributed by atoms with van der Waals surface area (Å²) in [5.74, 6) is -0.305. The molecule has 0 saturated carbocycles. The molecule has 1 aliphatic rings. The number of halogens is 8. The van der Waals surface area contributed by atoms with Gasteiger partial charge in [-0.2, -0.15) is 26.3 Å². The molecule has 232 valence electrons. The molecule has 1 aliphatic heterocycles. The number of hydrogen-bond acceptors (Lipinski definition) is 4. The van der Waals surface area contributed by atoms with E-state index in [1.807, 2.05) is 6.92 Å². The van der Waals surface area contributed by atoms with E-state index >= 15 is 0 Å². The summed E-state index contributed by atoms with van der Waals surface area (Å²) in [5.41, 5.74) is -0.949. The normalized spacial score (nSPS) is 16.5. The number of amides is 1. The second-order valence-corrected chi connectivity index (χ2v) is 11.2. The molecule has 2 heterocycles. The van der Waals surface area contributed by atoms with Crippen LogP contribution in [0.4, 0.5) is 26.3 Å². The molecule has 0 radical (unpaired) electrons. The van der Waals surface area contributed by atoms with Crippen molar-refractivity contribution in [1.82, 2.24) is 15.2 Å². The van der Waals surface area contributed by atoms with E-state index in [1.54, 1.807) is 0 Å². The van der Waals surface area contributed by atoms with Gasteiger partial charge in [0.15, 0.2) is 0 Å². The fourth-order valence-corrected chi connectivity index (χ4v) is 5.66. The fourth-order valence-electron chi connectivity index (χ4n) is 5.12. The number of carbonyl (C=O) groups excluding carboxylic acids is 1. The molecule has 4 rings (SSSR count). The third-order valence-corrected chi connectivity index (χ3v) is 8.14. The largest absolute Gasteiger partial charge is 0.485 e. The van der Waals surface area contributed by atoms with Crippen LogP contribution in [-0.4, -0.2) is 41.5 Å². The molecular weight excluding hydrogens is 619 g/mol. The Morgan fingerprint density at radius 2 is 1.44 bits per heavy atom. The SMILES string of the molecule is CC(CCNC(=O)c1c(Cl)cncc1Cl)N1CCC(C(Oc2ccc(C(F)(F)F)cc2)c2ccc(C(F)(F)F)cc2)CC1. The van der Waals surface area contributed by atoms with E-state index < -0.39 is 35.5 Å². The third kappa shape index (κ3) is 8.55. The summed E-state index contributed by atoms with van der Waals surface area (Å²) >= 11 is 12.1. The molecule has 3 aromatic rings. The summed E-state index contributed by atoms with van der Waals surface area (Å²) < 4.78 is 84.7. The summed E-state index contributed by atoms with van der Waals surface area (Å²) in [6, 6.07) is 9.05. The van der Waals surface area contributed by atoms with Crippen LogP contribution in [0.15, 0.2) is 60.9 Å². The number of aromatic nitrogens is 1. The number of nitrogens with one attached hydrogen (secondary N) is 1. The van der Waals surface area contributed by atoms with Gasteiger partial charge in [0.05, 0.1) is 26.7 Å². The van der Waals surface area contributed by atoms with Crippen LogP contribution in [0.1, 0.15) is 59.3 Å². The van der Waals surface area contributed by atoms with Crippen molar-refractivity contribution in [1.29, 1.82) is 0 Å². The molecule has 13 heteroatoms. The van der Waals surface area contributed by atoms with Crippen molar-refractivity contribution in [2.75, 3.05) is 19.6 Å². The Morgan fingerprint density at radius 3 is 1.95 bits per heavy atom. The van der Waals surface area contributed by atoms with Crippen molar-refractivity contribution in [2.45, 2.75) is 50.7 Å². The zero-order valence-electron chi connectivity index (χ0n) is 23.0. The molecule has 1 saturated heterocycles. The lowest BCUT2D eigenvalue weighted by molar-refractivity contribution is -0.138. The number of alkyl halides is 6. The Morgan fingerprint density at radius 1 is 0.930 bits per heavy atom. The lowest BCUT2D eigenvalue weighted by Gasteiger charge is -2.39. The van der Waals surface area contributed by atoms with Crippen LogP contribution < -0.4 is 10.1 Å². The van der Waals surface area contributed by atoms with E-state index in [9.17, 15) is 31.1 Å². The molecule has 2 atom stereocenters.